The van der Waals surface area contributed by atoms with E-state index in [0.717, 1.165) is 77.7 Å². The van der Waals surface area contributed by atoms with E-state index in [1.165, 1.54) is 0 Å². The van der Waals surface area contributed by atoms with Gasteiger partial charge in [-0.05, 0) is 33.1 Å². The summed E-state index contributed by atoms with van der Waals surface area (Å²) < 4.78 is 16.1. The maximum absolute atomic E-state index is 5.71. The molecule has 1 unspecified atom stereocenters. The highest BCUT2D eigenvalue weighted by Gasteiger charge is 2.15. The number of aliphatic imine (C=N–C) groups is 1. The molecule has 1 aliphatic heterocycles. The summed E-state index contributed by atoms with van der Waals surface area (Å²) >= 11 is 0. The Bertz CT molecular complexity index is 506. The zero-order valence-electron chi connectivity index (χ0n) is 15.8. The first-order chi connectivity index (χ1) is 12.3. The second-order valence-corrected chi connectivity index (χ2v) is 6.18. The summed E-state index contributed by atoms with van der Waals surface area (Å²) in [5, 5.41) is 10.4. The van der Waals surface area contributed by atoms with Crippen LogP contribution in [0.3, 0.4) is 0 Å². The Morgan fingerprint density at radius 3 is 2.92 bits per heavy atom. The van der Waals surface area contributed by atoms with Crippen molar-refractivity contribution in [2.45, 2.75) is 39.5 Å². The van der Waals surface area contributed by atoms with Gasteiger partial charge >= 0.3 is 0 Å². The fourth-order valence-corrected chi connectivity index (χ4v) is 2.55. The molecule has 1 aromatic heterocycles. The minimum atomic E-state index is 0. The van der Waals surface area contributed by atoms with E-state index in [0.29, 0.717) is 17.6 Å². The average Bonchev–Trinajstić information content (AvgIpc) is 3.26. The first kappa shape index (κ1) is 23.1. The first-order valence-corrected chi connectivity index (χ1v) is 9.24. The number of guanidine groups is 1. The van der Waals surface area contributed by atoms with Crippen LogP contribution in [0.5, 0.6) is 0 Å². The van der Waals surface area contributed by atoms with E-state index in [4.69, 9.17) is 14.0 Å². The van der Waals surface area contributed by atoms with Crippen LogP contribution in [0.1, 0.15) is 37.9 Å². The topological polar surface area (TPSA) is 93.8 Å². The molecular formula is C17H32IN5O3. The van der Waals surface area contributed by atoms with Gasteiger partial charge in [0, 0.05) is 45.2 Å². The smallest absolute Gasteiger partial charge is 0.226 e. The van der Waals surface area contributed by atoms with E-state index in [2.05, 4.69) is 32.7 Å². The first-order valence-electron chi connectivity index (χ1n) is 9.24. The number of aromatic nitrogens is 2. The highest BCUT2D eigenvalue weighted by Crippen LogP contribution is 2.12. The van der Waals surface area contributed by atoms with Gasteiger partial charge in [-0.2, -0.15) is 4.98 Å². The monoisotopic (exact) mass is 481 g/mol. The third-order valence-corrected chi connectivity index (χ3v) is 3.87. The van der Waals surface area contributed by atoms with Crippen LogP contribution in [0.25, 0.3) is 0 Å². The van der Waals surface area contributed by atoms with Gasteiger partial charge in [-0.25, -0.2) is 0 Å². The molecule has 1 aliphatic rings. The quantitative estimate of drug-likeness (QED) is 0.216. The largest absolute Gasteiger partial charge is 0.381 e. The van der Waals surface area contributed by atoms with Gasteiger partial charge in [-0.15, -0.1) is 24.0 Å². The summed E-state index contributed by atoms with van der Waals surface area (Å²) in [6.07, 6.45) is 3.71. The second kappa shape index (κ2) is 14.2. The zero-order valence-corrected chi connectivity index (χ0v) is 18.2. The standard InChI is InChI=1S/C17H31N5O3.HI/c1-3-18-17(19-8-4-6-16-21-14(2)22-25-16)20-9-5-10-23-12-15-7-11-24-13-15;/h15H,3-13H2,1-2H3,(H2,18,19,20);1H. The summed E-state index contributed by atoms with van der Waals surface area (Å²) in [6, 6.07) is 0. The number of nitrogens with zero attached hydrogens (tertiary/aromatic N) is 3. The minimum Gasteiger partial charge on any atom is -0.381 e. The Balaban J connectivity index is 0.00000338. The van der Waals surface area contributed by atoms with Gasteiger partial charge in [0.05, 0.1) is 13.2 Å². The van der Waals surface area contributed by atoms with Crippen molar-refractivity contribution in [2.24, 2.45) is 10.9 Å². The van der Waals surface area contributed by atoms with E-state index in [-0.39, 0.29) is 24.0 Å². The van der Waals surface area contributed by atoms with Gasteiger partial charge in [0.15, 0.2) is 11.8 Å². The predicted octanol–water partition coefficient (Wildman–Crippen LogP) is 1.93. The second-order valence-electron chi connectivity index (χ2n) is 6.18. The zero-order chi connectivity index (χ0) is 17.7. The number of rotatable bonds is 11. The summed E-state index contributed by atoms with van der Waals surface area (Å²) in [5.74, 6) is 2.77. The van der Waals surface area contributed by atoms with Crippen molar-refractivity contribution in [1.29, 1.82) is 0 Å². The molecule has 0 aliphatic carbocycles. The van der Waals surface area contributed by atoms with Crippen LogP contribution < -0.4 is 10.6 Å². The van der Waals surface area contributed by atoms with Crippen LogP contribution in [-0.2, 0) is 15.9 Å². The maximum Gasteiger partial charge on any atom is 0.226 e. The van der Waals surface area contributed by atoms with Gasteiger partial charge < -0.3 is 24.6 Å². The van der Waals surface area contributed by atoms with Crippen molar-refractivity contribution in [2.75, 3.05) is 46.1 Å². The van der Waals surface area contributed by atoms with Gasteiger partial charge in [-0.3, -0.25) is 4.99 Å². The van der Waals surface area contributed by atoms with E-state index in [1.54, 1.807) is 0 Å². The lowest BCUT2D eigenvalue weighted by Gasteiger charge is -2.12. The molecule has 0 saturated carbocycles. The fourth-order valence-electron chi connectivity index (χ4n) is 2.55. The molecule has 0 radical (unpaired) electrons. The number of hydrogen-bond acceptors (Lipinski definition) is 6. The van der Waals surface area contributed by atoms with Crippen molar-refractivity contribution in [3.8, 4) is 0 Å². The van der Waals surface area contributed by atoms with Crippen molar-refractivity contribution in [3.05, 3.63) is 11.7 Å². The molecule has 2 heterocycles. The van der Waals surface area contributed by atoms with Crippen molar-refractivity contribution in [3.63, 3.8) is 0 Å². The molecule has 0 aromatic carbocycles. The van der Waals surface area contributed by atoms with Crippen LogP contribution in [-0.4, -0.2) is 62.2 Å². The molecule has 2 rings (SSSR count). The van der Waals surface area contributed by atoms with Crippen LogP contribution in [0.4, 0.5) is 0 Å². The molecule has 2 N–H and O–H groups in total. The Morgan fingerprint density at radius 1 is 1.35 bits per heavy atom. The van der Waals surface area contributed by atoms with Gasteiger partial charge in [-0.1, -0.05) is 5.16 Å². The summed E-state index contributed by atoms with van der Waals surface area (Å²) in [6.45, 7) is 9.58. The molecule has 9 heteroatoms. The Morgan fingerprint density at radius 2 is 2.23 bits per heavy atom. The van der Waals surface area contributed by atoms with Crippen LogP contribution in [0, 0.1) is 12.8 Å². The lowest BCUT2D eigenvalue weighted by molar-refractivity contribution is 0.0888. The van der Waals surface area contributed by atoms with Gasteiger partial charge in [0.25, 0.3) is 0 Å². The summed E-state index contributed by atoms with van der Waals surface area (Å²) in [7, 11) is 0. The molecule has 26 heavy (non-hydrogen) atoms. The number of nitrogens with one attached hydrogen (secondary N) is 2. The van der Waals surface area contributed by atoms with E-state index in [1.807, 2.05) is 6.92 Å². The lowest BCUT2D eigenvalue weighted by atomic mass is 10.1. The van der Waals surface area contributed by atoms with E-state index in [9.17, 15) is 0 Å². The third-order valence-electron chi connectivity index (χ3n) is 3.87. The molecule has 1 aromatic rings. The normalized spacial score (nSPS) is 17.2. The number of hydrogen-bond donors (Lipinski definition) is 2. The summed E-state index contributed by atoms with van der Waals surface area (Å²) in [5.41, 5.74) is 0. The molecule has 150 valence electrons. The fraction of sp³-hybridized carbons (Fsp3) is 0.824. The van der Waals surface area contributed by atoms with Crippen molar-refractivity contribution in [1.82, 2.24) is 20.8 Å². The summed E-state index contributed by atoms with van der Waals surface area (Å²) in [4.78, 5) is 8.75. The predicted molar refractivity (Wildman–Crippen MR) is 111 cm³/mol. The maximum atomic E-state index is 5.71. The minimum absolute atomic E-state index is 0. The van der Waals surface area contributed by atoms with Crippen LogP contribution in [0.15, 0.2) is 9.52 Å². The van der Waals surface area contributed by atoms with Crippen molar-refractivity contribution < 1.29 is 14.0 Å². The number of halogens is 1. The van der Waals surface area contributed by atoms with E-state index >= 15 is 0 Å². The third kappa shape index (κ3) is 9.67. The van der Waals surface area contributed by atoms with Crippen LogP contribution in [0.2, 0.25) is 0 Å². The molecule has 1 atom stereocenters. The molecule has 1 saturated heterocycles. The molecule has 1 fully saturated rings. The average molecular weight is 481 g/mol. The van der Waals surface area contributed by atoms with Gasteiger partial charge in [0.1, 0.15) is 0 Å². The number of aryl methyl sites for hydroxylation is 2. The highest BCUT2D eigenvalue weighted by molar-refractivity contribution is 14.0. The molecule has 0 amide bonds. The molecular weight excluding hydrogens is 449 g/mol. The van der Waals surface area contributed by atoms with Crippen molar-refractivity contribution >= 4 is 29.9 Å². The van der Waals surface area contributed by atoms with E-state index < -0.39 is 0 Å². The van der Waals surface area contributed by atoms with Gasteiger partial charge in [0.2, 0.25) is 5.89 Å². The SMILES string of the molecule is CCNC(=NCCCc1nc(C)no1)NCCCOCC1CCOC1.I. The lowest BCUT2D eigenvalue weighted by Crippen LogP contribution is -2.38. The molecule has 8 nitrogen and oxygen atoms in total. The Hall–Kier alpha value is -0.940. The molecule has 0 spiro atoms. The molecule has 0 bridgehead atoms. The Kier molecular flexibility index (Phi) is 12.6. The van der Waals surface area contributed by atoms with Crippen LogP contribution >= 0.6 is 24.0 Å². The highest BCUT2D eigenvalue weighted by atomic mass is 127. The Labute approximate surface area is 172 Å². The number of ether oxygens (including phenoxy) is 2.